The van der Waals surface area contributed by atoms with Gasteiger partial charge >= 0.3 is 0 Å². The van der Waals surface area contributed by atoms with Crippen LogP contribution < -0.4 is 0 Å². The molecule has 1 radical (unpaired) electrons. The van der Waals surface area contributed by atoms with E-state index in [0.717, 1.165) is 0 Å². The smallest absolute Gasteiger partial charge is 0.0149 e. The van der Waals surface area contributed by atoms with E-state index in [9.17, 15) is 0 Å². The summed E-state index contributed by atoms with van der Waals surface area (Å²) in [6, 6.07) is 15.8. The third kappa shape index (κ3) is 1.44. The Bertz CT molecular complexity index is 408. The maximum absolute atomic E-state index is 3.19. The van der Waals surface area contributed by atoms with E-state index in [0.29, 0.717) is 5.92 Å². The van der Waals surface area contributed by atoms with Crippen molar-refractivity contribution in [2.75, 3.05) is 0 Å². The fraction of sp³-hybridized carbons (Fsp3) is 0.231. The van der Waals surface area contributed by atoms with E-state index < -0.39 is 0 Å². The summed E-state index contributed by atoms with van der Waals surface area (Å²) in [7, 11) is 0. The zero-order valence-electron chi connectivity index (χ0n) is 8.04. The van der Waals surface area contributed by atoms with Crippen LogP contribution in [0.3, 0.4) is 0 Å². The highest BCUT2D eigenvalue weighted by Gasteiger charge is 2.02. The minimum atomic E-state index is 0.572. The highest BCUT2D eigenvalue weighted by atomic mass is 14.1. The third-order valence-electron chi connectivity index (χ3n) is 2.37. The molecule has 0 aliphatic rings. The second-order valence-electron chi connectivity index (χ2n) is 3.65. The Kier molecular flexibility index (Phi) is 2.05. The van der Waals surface area contributed by atoms with Gasteiger partial charge in [0, 0.05) is 0 Å². The summed E-state index contributed by atoms with van der Waals surface area (Å²) >= 11 is 0. The number of hydrogen-bond acceptors (Lipinski definition) is 0. The van der Waals surface area contributed by atoms with E-state index >= 15 is 0 Å². The standard InChI is InChI=1S/C13H13/c1-10(2)12-9-5-7-11-6-3-4-8-13(11)12/h3-4,6-10H,1-2H3. The minimum Gasteiger partial charge on any atom is -0.0616 e. The van der Waals surface area contributed by atoms with Crippen molar-refractivity contribution in [3.05, 3.63) is 48.0 Å². The molecule has 0 spiro atoms. The van der Waals surface area contributed by atoms with Gasteiger partial charge in [-0.05, 0) is 34.4 Å². The SMILES string of the molecule is CC(C)c1c[c]cc2ccccc12. The predicted octanol–water partition coefficient (Wildman–Crippen LogP) is 3.76. The average molecular weight is 169 g/mol. The lowest BCUT2D eigenvalue weighted by molar-refractivity contribution is 0.876. The van der Waals surface area contributed by atoms with Crippen molar-refractivity contribution in [1.29, 1.82) is 0 Å². The fourth-order valence-electron chi connectivity index (χ4n) is 1.66. The molecule has 0 fully saturated rings. The van der Waals surface area contributed by atoms with Gasteiger partial charge in [0.25, 0.3) is 0 Å². The molecule has 0 unspecified atom stereocenters. The summed E-state index contributed by atoms with van der Waals surface area (Å²) in [6.45, 7) is 4.44. The van der Waals surface area contributed by atoms with Crippen LogP contribution in [0.5, 0.6) is 0 Å². The summed E-state index contributed by atoms with van der Waals surface area (Å²) in [5.41, 5.74) is 1.39. The van der Waals surface area contributed by atoms with Crippen molar-refractivity contribution in [2.24, 2.45) is 0 Å². The zero-order chi connectivity index (χ0) is 9.26. The third-order valence-corrected chi connectivity index (χ3v) is 2.37. The molecule has 2 aromatic carbocycles. The van der Waals surface area contributed by atoms with Crippen molar-refractivity contribution in [1.82, 2.24) is 0 Å². The molecule has 0 aliphatic heterocycles. The topological polar surface area (TPSA) is 0 Å². The predicted molar refractivity (Wildman–Crippen MR) is 56.9 cm³/mol. The Hall–Kier alpha value is -1.30. The van der Waals surface area contributed by atoms with Crippen LogP contribution in [-0.2, 0) is 0 Å². The lowest BCUT2D eigenvalue weighted by Gasteiger charge is -2.08. The summed E-state index contributed by atoms with van der Waals surface area (Å²) < 4.78 is 0. The van der Waals surface area contributed by atoms with Gasteiger partial charge in [-0.1, -0.05) is 44.2 Å². The first kappa shape index (κ1) is 8.31. The average Bonchev–Trinajstić information content (AvgIpc) is 2.17. The zero-order valence-corrected chi connectivity index (χ0v) is 8.04. The Balaban J connectivity index is 2.76. The van der Waals surface area contributed by atoms with Crippen LogP contribution in [0.25, 0.3) is 10.8 Å². The molecule has 0 heteroatoms. The second kappa shape index (κ2) is 3.21. The molecule has 0 saturated heterocycles. The monoisotopic (exact) mass is 169 g/mol. The largest absolute Gasteiger partial charge is 0.0616 e. The molecule has 2 rings (SSSR count). The van der Waals surface area contributed by atoms with Crippen LogP contribution in [0.1, 0.15) is 25.3 Å². The fourth-order valence-corrected chi connectivity index (χ4v) is 1.66. The first-order valence-electron chi connectivity index (χ1n) is 4.68. The van der Waals surface area contributed by atoms with Gasteiger partial charge in [0.05, 0.1) is 0 Å². The van der Waals surface area contributed by atoms with Crippen LogP contribution in [-0.4, -0.2) is 0 Å². The van der Waals surface area contributed by atoms with E-state index in [1.165, 1.54) is 16.3 Å². The summed E-state index contributed by atoms with van der Waals surface area (Å²) in [4.78, 5) is 0. The number of benzene rings is 2. The highest BCUT2D eigenvalue weighted by molar-refractivity contribution is 5.85. The van der Waals surface area contributed by atoms with Gasteiger partial charge < -0.3 is 0 Å². The van der Waals surface area contributed by atoms with Crippen LogP contribution >= 0.6 is 0 Å². The van der Waals surface area contributed by atoms with E-state index in [2.05, 4.69) is 50.2 Å². The van der Waals surface area contributed by atoms with Crippen molar-refractivity contribution in [3.63, 3.8) is 0 Å². The second-order valence-corrected chi connectivity index (χ2v) is 3.65. The number of hydrogen-bond donors (Lipinski definition) is 0. The van der Waals surface area contributed by atoms with Gasteiger partial charge in [0.1, 0.15) is 0 Å². The number of fused-ring (bicyclic) bond motifs is 1. The molecule has 0 atom stereocenters. The van der Waals surface area contributed by atoms with Crippen molar-refractivity contribution < 1.29 is 0 Å². The number of rotatable bonds is 1. The highest BCUT2D eigenvalue weighted by Crippen LogP contribution is 2.24. The summed E-state index contributed by atoms with van der Waals surface area (Å²) in [6.07, 6.45) is 0. The summed E-state index contributed by atoms with van der Waals surface area (Å²) in [5.74, 6) is 0.572. The Morgan fingerprint density at radius 1 is 1.08 bits per heavy atom. The molecule has 13 heavy (non-hydrogen) atoms. The molecule has 0 amide bonds. The lowest BCUT2D eigenvalue weighted by atomic mass is 9.96. The van der Waals surface area contributed by atoms with Gasteiger partial charge in [0.2, 0.25) is 0 Å². The molecule has 0 saturated carbocycles. The van der Waals surface area contributed by atoms with Crippen LogP contribution in [0.2, 0.25) is 0 Å². The molecular weight excluding hydrogens is 156 g/mol. The Labute approximate surface area is 79.2 Å². The maximum Gasteiger partial charge on any atom is -0.0149 e. The van der Waals surface area contributed by atoms with Crippen molar-refractivity contribution in [3.8, 4) is 0 Å². The molecule has 0 heterocycles. The van der Waals surface area contributed by atoms with Gasteiger partial charge in [0.15, 0.2) is 0 Å². The maximum atomic E-state index is 3.19. The molecule has 0 aliphatic carbocycles. The van der Waals surface area contributed by atoms with E-state index in [1.807, 2.05) is 6.07 Å². The van der Waals surface area contributed by atoms with Gasteiger partial charge in [-0.2, -0.15) is 0 Å². The lowest BCUT2D eigenvalue weighted by Crippen LogP contribution is -1.88. The van der Waals surface area contributed by atoms with Crippen LogP contribution in [0, 0.1) is 6.07 Å². The molecule has 0 N–H and O–H groups in total. The van der Waals surface area contributed by atoms with Crippen molar-refractivity contribution in [2.45, 2.75) is 19.8 Å². The van der Waals surface area contributed by atoms with Gasteiger partial charge in [-0.15, -0.1) is 0 Å². The Morgan fingerprint density at radius 2 is 1.85 bits per heavy atom. The molecule has 0 bridgehead atoms. The molecule has 0 nitrogen and oxygen atoms in total. The quantitative estimate of drug-likeness (QED) is 0.609. The van der Waals surface area contributed by atoms with Gasteiger partial charge in [-0.25, -0.2) is 0 Å². The van der Waals surface area contributed by atoms with Crippen molar-refractivity contribution >= 4 is 10.8 Å². The molecular formula is C13H13. The first-order valence-corrected chi connectivity index (χ1v) is 4.68. The molecule has 2 aromatic rings. The molecule has 65 valence electrons. The summed E-state index contributed by atoms with van der Waals surface area (Å²) in [5, 5.41) is 2.64. The Morgan fingerprint density at radius 3 is 2.62 bits per heavy atom. The van der Waals surface area contributed by atoms with Gasteiger partial charge in [-0.3, -0.25) is 0 Å². The normalized spacial score (nSPS) is 11.0. The van der Waals surface area contributed by atoms with Crippen LogP contribution in [0.4, 0.5) is 0 Å². The first-order chi connectivity index (χ1) is 6.29. The van der Waals surface area contributed by atoms with E-state index in [1.54, 1.807) is 0 Å². The van der Waals surface area contributed by atoms with E-state index in [4.69, 9.17) is 0 Å². The minimum absolute atomic E-state index is 0.572. The van der Waals surface area contributed by atoms with E-state index in [-0.39, 0.29) is 0 Å². The molecule has 0 aromatic heterocycles. The van der Waals surface area contributed by atoms with Crippen LogP contribution in [0.15, 0.2) is 36.4 Å².